The van der Waals surface area contributed by atoms with Crippen molar-refractivity contribution in [2.24, 2.45) is 0 Å². The highest BCUT2D eigenvalue weighted by Gasteiger charge is 2.29. The summed E-state index contributed by atoms with van der Waals surface area (Å²) in [4.78, 5) is 26.4. The number of H-pyrrole nitrogens is 1. The summed E-state index contributed by atoms with van der Waals surface area (Å²) in [6.45, 7) is 3.42. The summed E-state index contributed by atoms with van der Waals surface area (Å²) < 4.78 is 23.1. The van der Waals surface area contributed by atoms with Crippen molar-refractivity contribution in [2.45, 2.75) is 6.42 Å². The summed E-state index contributed by atoms with van der Waals surface area (Å²) in [5.74, 6) is 0.972. The van der Waals surface area contributed by atoms with Crippen LogP contribution in [-0.2, 0) is 9.84 Å². The third-order valence-corrected chi connectivity index (χ3v) is 6.67. The lowest BCUT2D eigenvalue weighted by atomic mass is 10.3. The highest BCUT2D eigenvalue weighted by atomic mass is 32.2. The smallest absolute Gasteiger partial charge is 0.320 e. The van der Waals surface area contributed by atoms with Crippen molar-refractivity contribution in [3.63, 3.8) is 0 Å². The highest BCUT2D eigenvalue weighted by Crippen LogP contribution is 2.19. The van der Waals surface area contributed by atoms with E-state index >= 15 is 0 Å². The molecule has 1 aromatic heterocycles. The Hall–Kier alpha value is -2.29. The van der Waals surface area contributed by atoms with Gasteiger partial charge in [0.15, 0.2) is 9.84 Å². The second-order valence-corrected chi connectivity index (χ2v) is 9.13. The van der Waals surface area contributed by atoms with E-state index in [2.05, 4.69) is 14.9 Å². The van der Waals surface area contributed by atoms with Crippen molar-refractivity contribution >= 4 is 32.9 Å². The first-order valence-corrected chi connectivity index (χ1v) is 10.8. The second-order valence-electron chi connectivity index (χ2n) is 6.83. The van der Waals surface area contributed by atoms with Crippen LogP contribution in [0.5, 0.6) is 0 Å². The van der Waals surface area contributed by atoms with E-state index in [0.717, 1.165) is 29.9 Å². The number of hydrogen-bond donors (Lipinski definition) is 1. The molecule has 9 heteroatoms. The number of nitrogens with one attached hydrogen (secondary N) is 1. The molecule has 0 spiro atoms. The molecule has 4 rings (SSSR count). The van der Waals surface area contributed by atoms with Crippen molar-refractivity contribution in [1.29, 1.82) is 0 Å². The third kappa shape index (κ3) is 3.48. The van der Waals surface area contributed by atoms with Gasteiger partial charge in [-0.3, -0.25) is 0 Å². The van der Waals surface area contributed by atoms with E-state index in [1.165, 1.54) is 0 Å². The quantitative estimate of drug-likeness (QED) is 0.798. The SMILES string of the molecule is O=C(N1CCCN(c2nc3ccccc3[nH]2)CC1)N1CCS(=O)(=O)CC1. The second kappa shape index (κ2) is 6.79. The van der Waals surface area contributed by atoms with Gasteiger partial charge >= 0.3 is 6.03 Å². The topological polar surface area (TPSA) is 89.6 Å². The lowest BCUT2D eigenvalue weighted by Gasteiger charge is -2.32. The zero-order valence-electron chi connectivity index (χ0n) is 14.6. The first-order chi connectivity index (χ1) is 12.5. The Balaban J connectivity index is 1.41. The van der Waals surface area contributed by atoms with Gasteiger partial charge in [-0.05, 0) is 18.6 Å². The molecule has 0 atom stereocenters. The number of aromatic amines is 1. The normalized spacial score (nSPS) is 21.0. The zero-order chi connectivity index (χ0) is 18.1. The average Bonchev–Trinajstić information content (AvgIpc) is 2.90. The molecule has 2 fully saturated rings. The van der Waals surface area contributed by atoms with Gasteiger partial charge in [-0.25, -0.2) is 18.2 Å². The summed E-state index contributed by atoms with van der Waals surface area (Å²) in [5, 5.41) is 0. The van der Waals surface area contributed by atoms with E-state index < -0.39 is 9.84 Å². The average molecular weight is 377 g/mol. The number of carbonyl (C=O) groups excluding carboxylic acids is 1. The van der Waals surface area contributed by atoms with E-state index in [4.69, 9.17) is 0 Å². The lowest BCUT2D eigenvalue weighted by molar-refractivity contribution is 0.159. The number of nitrogens with zero attached hydrogens (tertiary/aromatic N) is 4. The molecule has 1 N–H and O–H groups in total. The van der Waals surface area contributed by atoms with Crippen LogP contribution in [0.25, 0.3) is 11.0 Å². The Kier molecular flexibility index (Phi) is 4.47. The number of rotatable bonds is 1. The van der Waals surface area contributed by atoms with Crippen LogP contribution in [-0.4, -0.2) is 85.0 Å². The molecule has 0 aliphatic carbocycles. The predicted octanol–water partition coefficient (Wildman–Crippen LogP) is 0.925. The van der Waals surface area contributed by atoms with Crippen LogP contribution >= 0.6 is 0 Å². The lowest BCUT2D eigenvalue weighted by Crippen LogP contribution is -2.50. The summed E-state index contributed by atoms with van der Waals surface area (Å²) in [6, 6.07) is 7.88. The van der Waals surface area contributed by atoms with Crippen LogP contribution in [0.15, 0.2) is 24.3 Å². The number of hydrogen-bond acceptors (Lipinski definition) is 5. The fourth-order valence-corrected chi connectivity index (χ4v) is 4.71. The Morgan fingerprint density at radius 3 is 2.46 bits per heavy atom. The van der Waals surface area contributed by atoms with Crippen LogP contribution in [0, 0.1) is 0 Å². The molecule has 8 nitrogen and oxygen atoms in total. The molecule has 2 amide bonds. The van der Waals surface area contributed by atoms with E-state index in [9.17, 15) is 13.2 Å². The van der Waals surface area contributed by atoms with Crippen LogP contribution in [0.4, 0.5) is 10.7 Å². The van der Waals surface area contributed by atoms with Crippen molar-refractivity contribution < 1.29 is 13.2 Å². The standard InChI is InChI=1S/C17H23N5O3S/c23-17(22-10-12-26(24,25)13-11-22)21-7-3-6-20(8-9-21)16-18-14-4-1-2-5-15(14)19-16/h1-2,4-5H,3,6-13H2,(H,18,19). The van der Waals surface area contributed by atoms with Crippen molar-refractivity contribution in [3.8, 4) is 0 Å². The molecular weight excluding hydrogens is 354 g/mol. The minimum absolute atomic E-state index is 0.0497. The van der Waals surface area contributed by atoms with Crippen molar-refractivity contribution in [1.82, 2.24) is 19.8 Å². The molecule has 0 saturated carbocycles. The van der Waals surface area contributed by atoms with Gasteiger partial charge in [0.05, 0.1) is 22.5 Å². The number of fused-ring (bicyclic) bond motifs is 1. The van der Waals surface area contributed by atoms with Gasteiger partial charge in [0, 0.05) is 39.3 Å². The molecule has 0 bridgehead atoms. The number of imidazole rings is 1. The van der Waals surface area contributed by atoms with Gasteiger partial charge in [-0.2, -0.15) is 0 Å². The van der Waals surface area contributed by atoms with E-state index in [1.807, 2.05) is 29.2 Å². The number of para-hydroxylation sites is 2. The molecule has 140 valence electrons. The predicted molar refractivity (Wildman–Crippen MR) is 100 cm³/mol. The largest absolute Gasteiger partial charge is 0.341 e. The summed E-state index contributed by atoms with van der Waals surface area (Å²) >= 11 is 0. The molecule has 2 aliphatic rings. The maximum atomic E-state index is 12.7. The maximum absolute atomic E-state index is 12.7. The van der Waals surface area contributed by atoms with Crippen molar-refractivity contribution in [3.05, 3.63) is 24.3 Å². The number of benzene rings is 1. The summed E-state index contributed by atoms with van der Waals surface area (Å²) in [6.07, 6.45) is 0.856. The number of aromatic nitrogens is 2. The minimum atomic E-state index is -2.98. The maximum Gasteiger partial charge on any atom is 0.320 e. The summed E-state index contributed by atoms with van der Waals surface area (Å²) in [5.41, 5.74) is 1.95. The Labute approximate surface area is 152 Å². The molecule has 2 aromatic rings. The van der Waals surface area contributed by atoms with E-state index in [1.54, 1.807) is 4.90 Å². The molecule has 0 unspecified atom stereocenters. The monoisotopic (exact) mass is 377 g/mol. The van der Waals surface area contributed by atoms with E-state index in [-0.39, 0.29) is 17.5 Å². The van der Waals surface area contributed by atoms with Gasteiger partial charge in [0.2, 0.25) is 5.95 Å². The minimum Gasteiger partial charge on any atom is -0.341 e. The van der Waals surface area contributed by atoms with Gasteiger partial charge in [-0.15, -0.1) is 0 Å². The van der Waals surface area contributed by atoms with Crippen LogP contribution < -0.4 is 4.90 Å². The molecule has 0 radical (unpaired) electrons. The summed E-state index contributed by atoms with van der Waals surface area (Å²) in [7, 11) is -2.98. The fraction of sp³-hybridized carbons (Fsp3) is 0.529. The van der Waals surface area contributed by atoms with Gasteiger partial charge in [-0.1, -0.05) is 12.1 Å². The fourth-order valence-electron chi connectivity index (χ4n) is 3.51. The number of anilines is 1. The molecule has 2 saturated heterocycles. The Bertz CT molecular complexity index is 863. The number of urea groups is 1. The number of sulfone groups is 1. The Morgan fingerprint density at radius 1 is 0.962 bits per heavy atom. The van der Waals surface area contributed by atoms with Gasteiger partial charge in [0.25, 0.3) is 0 Å². The highest BCUT2D eigenvalue weighted by molar-refractivity contribution is 7.91. The third-order valence-electron chi connectivity index (χ3n) is 5.06. The zero-order valence-corrected chi connectivity index (χ0v) is 15.4. The van der Waals surface area contributed by atoms with Crippen LogP contribution in [0.1, 0.15) is 6.42 Å². The van der Waals surface area contributed by atoms with Crippen LogP contribution in [0.3, 0.4) is 0 Å². The van der Waals surface area contributed by atoms with Crippen molar-refractivity contribution in [2.75, 3.05) is 55.7 Å². The van der Waals surface area contributed by atoms with E-state index in [0.29, 0.717) is 32.7 Å². The van der Waals surface area contributed by atoms with Crippen LogP contribution in [0.2, 0.25) is 0 Å². The molecule has 3 heterocycles. The first kappa shape index (κ1) is 17.1. The number of amides is 2. The van der Waals surface area contributed by atoms with Gasteiger partial charge < -0.3 is 19.7 Å². The molecule has 26 heavy (non-hydrogen) atoms. The molecule has 1 aromatic carbocycles. The first-order valence-electron chi connectivity index (χ1n) is 8.96. The number of carbonyl (C=O) groups is 1. The Morgan fingerprint density at radius 2 is 1.69 bits per heavy atom. The van der Waals surface area contributed by atoms with Gasteiger partial charge in [0.1, 0.15) is 0 Å². The molecular formula is C17H23N5O3S. The molecule has 2 aliphatic heterocycles.